The molecule has 7 heteroatoms. The summed E-state index contributed by atoms with van der Waals surface area (Å²) in [7, 11) is 0. The number of halogens is 4. The van der Waals surface area contributed by atoms with Crippen molar-refractivity contribution in [3.05, 3.63) is 65.0 Å². The fraction of sp³-hybridized carbons (Fsp3) is 0.316. The zero-order valence-corrected chi connectivity index (χ0v) is 14.8. The van der Waals surface area contributed by atoms with Gasteiger partial charge in [0.1, 0.15) is 0 Å². The number of aromatic nitrogens is 1. The topological polar surface area (TPSA) is 48.1 Å². The van der Waals surface area contributed by atoms with Crippen LogP contribution in [0.5, 0.6) is 0 Å². The summed E-state index contributed by atoms with van der Waals surface area (Å²) in [6, 6.07) is 7.71. The second-order valence-corrected chi connectivity index (χ2v) is 6.34. The van der Waals surface area contributed by atoms with Crippen molar-refractivity contribution in [2.45, 2.75) is 19.1 Å². The molecule has 0 saturated carbocycles. The van der Waals surface area contributed by atoms with E-state index in [-0.39, 0.29) is 17.8 Å². The highest BCUT2D eigenvalue weighted by atomic mass is 35.5. The normalized spacial score (nSPS) is 16.5. The third kappa shape index (κ3) is 4.36. The van der Waals surface area contributed by atoms with E-state index in [4.69, 9.17) is 10.5 Å². The summed E-state index contributed by atoms with van der Waals surface area (Å²) in [5.74, 6) is 6.26. The lowest BCUT2D eigenvalue weighted by molar-refractivity contribution is -0.137. The van der Waals surface area contributed by atoms with E-state index < -0.39 is 17.8 Å². The molecule has 2 aromatic rings. The van der Waals surface area contributed by atoms with Gasteiger partial charge in [0.25, 0.3) is 0 Å². The minimum Gasteiger partial charge on any atom is -0.378 e. The van der Waals surface area contributed by atoms with Crippen molar-refractivity contribution in [3.63, 3.8) is 0 Å². The summed E-state index contributed by atoms with van der Waals surface area (Å²) in [6.07, 6.45) is -2.77. The Balaban J connectivity index is 0.00000243. The molecule has 26 heavy (non-hydrogen) atoms. The molecule has 3 rings (SSSR count). The van der Waals surface area contributed by atoms with Crippen molar-refractivity contribution in [3.8, 4) is 11.8 Å². The van der Waals surface area contributed by atoms with Crippen molar-refractivity contribution in [2.24, 2.45) is 11.1 Å². The van der Waals surface area contributed by atoms with Crippen LogP contribution >= 0.6 is 12.4 Å². The average Bonchev–Trinajstić information content (AvgIpc) is 2.57. The van der Waals surface area contributed by atoms with Gasteiger partial charge in [0.05, 0.1) is 35.9 Å². The monoisotopic (exact) mass is 382 g/mol. The van der Waals surface area contributed by atoms with Crippen LogP contribution in [0.4, 0.5) is 13.2 Å². The lowest BCUT2D eigenvalue weighted by Crippen LogP contribution is -2.38. The zero-order valence-electron chi connectivity index (χ0n) is 14.0. The number of nitrogens with two attached hydrogens (primary N) is 1. The maximum absolute atomic E-state index is 12.7. The molecule has 1 aromatic heterocycles. The van der Waals surface area contributed by atoms with Gasteiger partial charge in [0.2, 0.25) is 0 Å². The van der Waals surface area contributed by atoms with Crippen LogP contribution in [0.25, 0.3) is 0 Å². The van der Waals surface area contributed by atoms with E-state index in [0.717, 1.165) is 12.1 Å². The second kappa shape index (κ2) is 7.67. The minimum atomic E-state index is -4.37. The molecule has 1 unspecified atom stereocenters. The number of hydrogen-bond donors (Lipinski definition) is 1. The third-order valence-corrected chi connectivity index (χ3v) is 4.07. The molecule has 1 aliphatic rings. The predicted octanol–water partition coefficient (Wildman–Crippen LogP) is 3.96. The van der Waals surface area contributed by atoms with Gasteiger partial charge in [-0.1, -0.05) is 24.0 Å². The first-order chi connectivity index (χ1) is 11.8. The fourth-order valence-corrected chi connectivity index (χ4v) is 2.51. The quantitative estimate of drug-likeness (QED) is 0.800. The fourth-order valence-electron chi connectivity index (χ4n) is 2.51. The Bertz CT molecular complexity index is 821. The van der Waals surface area contributed by atoms with E-state index in [0.29, 0.717) is 30.0 Å². The molecule has 0 bridgehead atoms. The maximum atomic E-state index is 12.7. The highest BCUT2D eigenvalue weighted by Crippen LogP contribution is 2.31. The Kier molecular flexibility index (Phi) is 5.97. The molecule has 0 spiro atoms. The van der Waals surface area contributed by atoms with Crippen molar-refractivity contribution in [2.75, 3.05) is 13.2 Å². The van der Waals surface area contributed by atoms with E-state index in [2.05, 4.69) is 16.8 Å². The van der Waals surface area contributed by atoms with Crippen molar-refractivity contribution in [1.29, 1.82) is 0 Å². The van der Waals surface area contributed by atoms with Crippen molar-refractivity contribution >= 4 is 12.4 Å². The Morgan fingerprint density at radius 3 is 2.38 bits per heavy atom. The standard InChI is InChI=1S/C19H17F3N2O.ClH/c1-18(11-25-12-18)9-8-14-3-2-10-24-17(14)16(23)13-4-6-15(7-5-13)19(20,21)22;/h2-7,10,16H,11-12,23H2,1H3;1H. The summed E-state index contributed by atoms with van der Waals surface area (Å²) in [5, 5.41) is 0. The lowest BCUT2D eigenvalue weighted by atomic mass is 9.89. The van der Waals surface area contributed by atoms with Crippen LogP contribution in [-0.2, 0) is 10.9 Å². The number of nitrogens with zero attached hydrogens (tertiary/aromatic N) is 1. The van der Waals surface area contributed by atoms with Crippen LogP contribution in [0.15, 0.2) is 42.6 Å². The Hall–Kier alpha value is -2.07. The Morgan fingerprint density at radius 1 is 1.19 bits per heavy atom. The van der Waals surface area contributed by atoms with Gasteiger partial charge in [-0.3, -0.25) is 4.98 Å². The number of hydrogen-bond acceptors (Lipinski definition) is 3. The largest absolute Gasteiger partial charge is 0.416 e. The first kappa shape index (κ1) is 20.2. The molecular weight excluding hydrogens is 365 g/mol. The van der Waals surface area contributed by atoms with E-state index in [1.165, 1.54) is 12.1 Å². The van der Waals surface area contributed by atoms with Gasteiger partial charge in [-0.05, 0) is 36.8 Å². The van der Waals surface area contributed by atoms with Gasteiger partial charge < -0.3 is 10.5 Å². The van der Waals surface area contributed by atoms with Gasteiger partial charge in [0, 0.05) is 11.8 Å². The molecule has 1 aromatic carbocycles. The summed E-state index contributed by atoms with van der Waals surface area (Å²) in [6.45, 7) is 3.18. The number of rotatable bonds is 2. The van der Waals surface area contributed by atoms with Crippen LogP contribution in [0.3, 0.4) is 0 Å². The number of benzene rings is 1. The summed E-state index contributed by atoms with van der Waals surface area (Å²) in [4.78, 5) is 4.29. The first-order valence-electron chi connectivity index (χ1n) is 7.77. The number of pyridine rings is 1. The molecule has 1 fully saturated rings. The maximum Gasteiger partial charge on any atom is 0.416 e. The molecule has 1 aliphatic heterocycles. The summed E-state index contributed by atoms with van der Waals surface area (Å²) in [5.41, 5.74) is 7.10. The van der Waals surface area contributed by atoms with Crippen LogP contribution in [-0.4, -0.2) is 18.2 Å². The molecule has 0 radical (unpaired) electrons. The molecule has 3 nitrogen and oxygen atoms in total. The SMILES string of the molecule is CC1(C#Cc2cccnc2C(N)c2ccc(C(F)(F)F)cc2)COC1.Cl. The molecule has 2 heterocycles. The smallest absolute Gasteiger partial charge is 0.378 e. The number of alkyl halides is 3. The van der Waals surface area contributed by atoms with E-state index in [1.807, 2.05) is 13.0 Å². The molecule has 0 amide bonds. The van der Waals surface area contributed by atoms with Crippen LogP contribution in [0, 0.1) is 17.3 Å². The number of ether oxygens (including phenoxy) is 1. The lowest BCUT2D eigenvalue weighted by Gasteiger charge is -2.32. The van der Waals surface area contributed by atoms with Crippen LogP contribution in [0.1, 0.15) is 35.3 Å². The predicted molar refractivity (Wildman–Crippen MR) is 94.8 cm³/mol. The highest BCUT2D eigenvalue weighted by molar-refractivity contribution is 5.85. The summed E-state index contributed by atoms with van der Waals surface area (Å²) < 4.78 is 43.2. The molecule has 1 saturated heterocycles. The molecular formula is C19H18ClF3N2O. The molecule has 2 N–H and O–H groups in total. The molecule has 1 atom stereocenters. The first-order valence-corrected chi connectivity index (χ1v) is 7.77. The van der Waals surface area contributed by atoms with Crippen molar-refractivity contribution in [1.82, 2.24) is 4.98 Å². The minimum absolute atomic E-state index is 0. The van der Waals surface area contributed by atoms with Gasteiger partial charge >= 0.3 is 6.18 Å². The van der Waals surface area contributed by atoms with Gasteiger partial charge in [-0.15, -0.1) is 12.4 Å². The zero-order chi connectivity index (χ0) is 18.1. The van der Waals surface area contributed by atoms with Crippen LogP contribution < -0.4 is 5.73 Å². The third-order valence-electron chi connectivity index (χ3n) is 4.07. The van der Waals surface area contributed by atoms with Gasteiger partial charge in [0.15, 0.2) is 0 Å². The summed E-state index contributed by atoms with van der Waals surface area (Å²) >= 11 is 0. The second-order valence-electron chi connectivity index (χ2n) is 6.34. The average molecular weight is 383 g/mol. The highest BCUT2D eigenvalue weighted by Gasteiger charge is 2.31. The van der Waals surface area contributed by atoms with Gasteiger partial charge in [-0.25, -0.2) is 0 Å². The Labute approximate surface area is 156 Å². The van der Waals surface area contributed by atoms with Crippen LogP contribution in [0.2, 0.25) is 0 Å². The van der Waals surface area contributed by atoms with Gasteiger partial charge in [-0.2, -0.15) is 13.2 Å². The van der Waals surface area contributed by atoms with E-state index in [1.54, 1.807) is 12.3 Å². The molecule has 0 aliphatic carbocycles. The van der Waals surface area contributed by atoms with Crippen molar-refractivity contribution < 1.29 is 17.9 Å². The Morgan fingerprint density at radius 2 is 1.85 bits per heavy atom. The molecule has 138 valence electrons. The van der Waals surface area contributed by atoms with E-state index in [9.17, 15) is 13.2 Å². The van der Waals surface area contributed by atoms with E-state index >= 15 is 0 Å².